The van der Waals surface area contributed by atoms with Crippen molar-refractivity contribution in [2.24, 2.45) is 23.7 Å². The first-order valence-corrected chi connectivity index (χ1v) is 10.4. The van der Waals surface area contributed by atoms with Crippen molar-refractivity contribution < 1.29 is 14.4 Å². The summed E-state index contributed by atoms with van der Waals surface area (Å²) in [6.07, 6.45) is 7.72. The number of hydrogen-bond donors (Lipinski definition) is 1. The molecule has 0 unspecified atom stereocenters. The predicted molar refractivity (Wildman–Crippen MR) is 111 cm³/mol. The molecule has 0 radical (unpaired) electrons. The highest BCUT2D eigenvalue weighted by Crippen LogP contribution is 2.51. The van der Waals surface area contributed by atoms with Gasteiger partial charge in [-0.1, -0.05) is 48.6 Å². The lowest BCUT2D eigenvalue weighted by molar-refractivity contribution is -0.143. The zero-order chi connectivity index (χ0) is 20.7. The van der Waals surface area contributed by atoms with Gasteiger partial charge >= 0.3 is 0 Å². The summed E-state index contributed by atoms with van der Waals surface area (Å²) in [7, 11) is 0. The molecule has 6 rings (SSSR count). The van der Waals surface area contributed by atoms with E-state index in [9.17, 15) is 14.4 Å². The molecule has 5 atom stereocenters. The van der Waals surface area contributed by atoms with E-state index in [1.165, 1.54) is 4.90 Å². The molecule has 1 aliphatic heterocycles. The first kappa shape index (κ1) is 18.7. The third-order valence-corrected chi connectivity index (χ3v) is 6.60. The summed E-state index contributed by atoms with van der Waals surface area (Å²) in [5, 5.41) is 2.78. The van der Waals surface area contributed by atoms with E-state index in [0.717, 1.165) is 18.4 Å². The van der Waals surface area contributed by atoms with Gasteiger partial charge in [0.2, 0.25) is 17.7 Å². The third kappa shape index (κ3) is 3.12. The van der Waals surface area contributed by atoms with E-state index in [-0.39, 0.29) is 47.8 Å². The van der Waals surface area contributed by atoms with Crippen LogP contribution in [0.25, 0.3) is 0 Å². The number of anilines is 1. The molecule has 2 heterocycles. The van der Waals surface area contributed by atoms with Crippen LogP contribution in [0.5, 0.6) is 0 Å². The van der Waals surface area contributed by atoms with Gasteiger partial charge in [-0.25, -0.2) is 4.98 Å². The monoisotopic (exact) mass is 401 g/mol. The van der Waals surface area contributed by atoms with Crippen molar-refractivity contribution >= 4 is 23.5 Å². The van der Waals surface area contributed by atoms with Crippen molar-refractivity contribution in [2.45, 2.75) is 25.3 Å². The van der Waals surface area contributed by atoms with Crippen molar-refractivity contribution in [2.75, 3.05) is 5.32 Å². The fraction of sp³-hybridized carbons (Fsp3) is 0.333. The summed E-state index contributed by atoms with van der Waals surface area (Å²) in [5.41, 5.74) is 0.786. The standard InChI is InChI=1S/C24H23N3O3/c28-20(26-19-8-4-5-13-25-19)14-18(15-6-2-1-3-7-15)27-23(29)21-16-9-10-17(12-11-16)22(21)24(27)30/h1-10,13,16-18,21-22H,11-12,14H2,(H,25,26,28)/t16-,17-,18+,21+,22+/m0/s1. The Balaban J connectivity index is 1.45. The number of hydrogen-bond acceptors (Lipinski definition) is 4. The first-order valence-electron chi connectivity index (χ1n) is 10.4. The molecular formula is C24H23N3O3. The van der Waals surface area contributed by atoms with Gasteiger partial charge in [-0.15, -0.1) is 0 Å². The Kier molecular flexibility index (Phi) is 4.69. The smallest absolute Gasteiger partial charge is 0.234 e. The summed E-state index contributed by atoms with van der Waals surface area (Å²) in [5.74, 6) is -0.423. The number of likely N-dealkylation sites (tertiary alicyclic amines) is 1. The molecule has 2 fully saturated rings. The topological polar surface area (TPSA) is 79.4 Å². The van der Waals surface area contributed by atoms with Crippen LogP contribution in [0, 0.1) is 23.7 Å². The second-order valence-electron chi connectivity index (χ2n) is 8.28. The van der Waals surface area contributed by atoms with Crippen molar-refractivity contribution in [1.29, 1.82) is 0 Å². The van der Waals surface area contributed by atoms with Gasteiger partial charge in [0.05, 0.1) is 24.3 Å². The Morgan fingerprint density at radius 3 is 2.17 bits per heavy atom. The van der Waals surface area contributed by atoms with Crippen LogP contribution in [0.1, 0.15) is 30.9 Å². The number of fused-ring (bicyclic) bond motifs is 1. The second-order valence-corrected chi connectivity index (χ2v) is 8.28. The molecule has 0 spiro atoms. The predicted octanol–water partition coefficient (Wildman–Crippen LogP) is 3.35. The summed E-state index contributed by atoms with van der Waals surface area (Å²) in [4.78, 5) is 45.2. The molecule has 3 amide bonds. The summed E-state index contributed by atoms with van der Waals surface area (Å²) in [6, 6.07) is 14.0. The van der Waals surface area contributed by atoms with Crippen LogP contribution in [-0.4, -0.2) is 27.6 Å². The van der Waals surface area contributed by atoms with Gasteiger partial charge in [0.25, 0.3) is 0 Å². The Morgan fingerprint density at radius 1 is 0.967 bits per heavy atom. The average molecular weight is 401 g/mol. The SMILES string of the molecule is O=C(C[C@H](c1ccccc1)N1C(=O)[C@H]2[C@H](C1=O)[C@H]1C=C[C@H]2CC1)Nc1ccccn1. The fourth-order valence-corrected chi connectivity index (χ4v) is 5.24. The highest BCUT2D eigenvalue weighted by Gasteiger charge is 2.58. The second kappa shape index (κ2) is 7.52. The minimum Gasteiger partial charge on any atom is -0.311 e. The lowest BCUT2D eigenvalue weighted by atomic mass is 9.63. The average Bonchev–Trinajstić information content (AvgIpc) is 3.07. The van der Waals surface area contributed by atoms with Crippen LogP contribution in [-0.2, 0) is 14.4 Å². The number of pyridine rings is 1. The van der Waals surface area contributed by atoms with Crippen molar-refractivity contribution in [3.8, 4) is 0 Å². The highest BCUT2D eigenvalue weighted by molar-refractivity contribution is 6.07. The number of carbonyl (C=O) groups excluding carboxylic acids is 3. The number of amides is 3. The van der Waals surface area contributed by atoms with E-state index in [1.807, 2.05) is 30.3 Å². The molecule has 1 saturated heterocycles. The maximum atomic E-state index is 13.4. The van der Waals surface area contributed by atoms with Crippen LogP contribution in [0.15, 0.2) is 66.9 Å². The summed E-state index contributed by atoms with van der Waals surface area (Å²) < 4.78 is 0. The molecule has 1 aromatic carbocycles. The maximum Gasteiger partial charge on any atom is 0.234 e. The van der Waals surface area contributed by atoms with Gasteiger partial charge in [0.15, 0.2) is 0 Å². The molecule has 2 bridgehead atoms. The molecule has 3 aliphatic carbocycles. The lowest BCUT2D eigenvalue weighted by Gasteiger charge is -2.38. The van der Waals surface area contributed by atoms with E-state index in [2.05, 4.69) is 22.5 Å². The van der Waals surface area contributed by atoms with E-state index in [1.54, 1.807) is 24.4 Å². The van der Waals surface area contributed by atoms with Gasteiger partial charge in [0.1, 0.15) is 5.82 Å². The minimum atomic E-state index is -0.625. The molecule has 1 N–H and O–H groups in total. The Bertz CT molecular complexity index is 973. The minimum absolute atomic E-state index is 0.000267. The summed E-state index contributed by atoms with van der Waals surface area (Å²) in [6.45, 7) is 0. The van der Waals surface area contributed by atoms with Crippen molar-refractivity contribution in [1.82, 2.24) is 9.88 Å². The molecule has 6 heteroatoms. The molecule has 1 saturated carbocycles. The number of aromatic nitrogens is 1. The third-order valence-electron chi connectivity index (χ3n) is 6.60. The van der Waals surface area contributed by atoms with E-state index in [0.29, 0.717) is 5.82 Å². The molecule has 4 aliphatic rings. The Hall–Kier alpha value is -3.28. The van der Waals surface area contributed by atoms with Crippen LogP contribution < -0.4 is 5.32 Å². The quantitative estimate of drug-likeness (QED) is 0.616. The lowest BCUT2D eigenvalue weighted by Crippen LogP contribution is -2.38. The number of nitrogens with zero attached hydrogens (tertiary/aromatic N) is 2. The number of rotatable bonds is 5. The van der Waals surface area contributed by atoms with Crippen LogP contribution >= 0.6 is 0 Å². The first-order chi connectivity index (χ1) is 14.6. The van der Waals surface area contributed by atoms with Crippen molar-refractivity contribution in [3.63, 3.8) is 0 Å². The van der Waals surface area contributed by atoms with Crippen LogP contribution in [0.4, 0.5) is 5.82 Å². The summed E-state index contributed by atoms with van der Waals surface area (Å²) >= 11 is 0. The Labute approximate surface area is 175 Å². The zero-order valence-electron chi connectivity index (χ0n) is 16.5. The van der Waals surface area contributed by atoms with Gasteiger partial charge < -0.3 is 5.32 Å². The Morgan fingerprint density at radius 2 is 1.60 bits per heavy atom. The van der Waals surface area contributed by atoms with Gasteiger partial charge in [-0.05, 0) is 42.4 Å². The molecular weight excluding hydrogens is 378 g/mol. The van der Waals surface area contributed by atoms with Gasteiger partial charge in [0, 0.05) is 6.20 Å². The number of benzene rings is 1. The zero-order valence-corrected chi connectivity index (χ0v) is 16.5. The number of imide groups is 1. The van der Waals surface area contributed by atoms with Gasteiger partial charge in [-0.3, -0.25) is 19.3 Å². The highest BCUT2D eigenvalue weighted by atomic mass is 16.2. The van der Waals surface area contributed by atoms with Crippen molar-refractivity contribution in [3.05, 3.63) is 72.4 Å². The van der Waals surface area contributed by atoms with Crippen LogP contribution in [0.3, 0.4) is 0 Å². The van der Waals surface area contributed by atoms with E-state index >= 15 is 0 Å². The number of nitrogens with one attached hydrogen (secondary N) is 1. The molecule has 1 aromatic heterocycles. The number of carbonyl (C=O) groups is 3. The molecule has 6 nitrogen and oxygen atoms in total. The molecule has 2 aromatic rings. The largest absolute Gasteiger partial charge is 0.311 e. The maximum absolute atomic E-state index is 13.4. The van der Waals surface area contributed by atoms with E-state index < -0.39 is 6.04 Å². The van der Waals surface area contributed by atoms with E-state index in [4.69, 9.17) is 0 Å². The molecule has 152 valence electrons. The normalized spacial score (nSPS) is 27.8. The number of allylic oxidation sites excluding steroid dienone is 2. The molecule has 30 heavy (non-hydrogen) atoms. The fourth-order valence-electron chi connectivity index (χ4n) is 5.24. The van der Waals surface area contributed by atoms with Crippen LogP contribution in [0.2, 0.25) is 0 Å². The van der Waals surface area contributed by atoms with Gasteiger partial charge in [-0.2, -0.15) is 0 Å².